The third kappa shape index (κ3) is 3.78. The van der Waals surface area contributed by atoms with Crippen LogP contribution >= 0.6 is 8.58 Å². The van der Waals surface area contributed by atoms with Crippen LogP contribution < -0.4 is 20.1 Å². The summed E-state index contributed by atoms with van der Waals surface area (Å²) >= 11 is 0. The molecule has 0 bridgehead atoms. The molecule has 0 aromatic heterocycles. The van der Waals surface area contributed by atoms with E-state index in [1.807, 2.05) is 24.3 Å². The fourth-order valence-corrected chi connectivity index (χ4v) is 2.52. The smallest absolute Gasteiger partial charge is 0.118 e. The molecule has 2 aromatic carbocycles. The Bertz CT molecular complexity index is 423. The molecule has 94 valence electrons. The van der Waals surface area contributed by atoms with Gasteiger partial charge in [-0.1, -0.05) is 32.8 Å². The molecule has 0 radical (unpaired) electrons. The molecule has 2 nitrogen and oxygen atoms in total. The summed E-state index contributed by atoms with van der Waals surface area (Å²) in [4.78, 5) is 0. The molecule has 0 aliphatic rings. The van der Waals surface area contributed by atoms with Crippen LogP contribution in [0.5, 0.6) is 11.5 Å². The average Bonchev–Trinajstić information content (AvgIpc) is 2.40. The second kappa shape index (κ2) is 7.08. The number of hydrogen-bond donors (Lipinski definition) is 0. The van der Waals surface area contributed by atoms with Crippen molar-refractivity contribution < 1.29 is 9.47 Å². The van der Waals surface area contributed by atoms with Crippen LogP contribution in [0.4, 0.5) is 0 Å². The molecule has 0 amide bonds. The van der Waals surface area contributed by atoms with Gasteiger partial charge in [0, 0.05) is 0 Å². The highest BCUT2D eigenvalue weighted by Gasteiger charge is 1.98. The van der Waals surface area contributed by atoms with E-state index in [0.29, 0.717) is 8.58 Å². The number of ether oxygens (including phenoxy) is 2. The topological polar surface area (TPSA) is 18.5 Å². The molecule has 0 fully saturated rings. The number of rotatable bonds is 4. The van der Waals surface area contributed by atoms with Gasteiger partial charge in [0.1, 0.15) is 11.5 Å². The van der Waals surface area contributed by atoms with E-state index in [9.17, 15) is 0 Å². The van der Waals surface area contributed by atoms with Crippen molar-refractivity contribution in [2.45, 2.75) is 0 Å². The van der Waals surface area contributed by atoms with Gasteiger partial charge in [-0.25, -0.2) is 0 Å². The Hall–Kier alpha value is -1.47. The van der Waals surface area contributed by atoms with Gasteiger partial charge in [-0.05, 0) is 34.9 Å². The van der Waals surface area contributed by atoms with Gasteiger partial charge in [0.2, 0.25) is 0 Å². The van der Waals surface area contributed by atoms with Gasteiger partial charge in [-0.15, -0.1) is 0 Å². The van der Waals surface area contributed by atoms with Gasteiger partial charge in [0.25, 0.3) is 0 Å². The highest BCUT2D eigenvalue weighted by atomic mass is 31.1. The van der Waals surface area contributed by atoms with Crippen LogP contribution in [0.15, 0.2) is 48.5 Å². The summed E-state index contributed by atoms with van der Waals surface area (Å²) in [5.74, 6) is 1.79. The van der Waals surface area contributed by atoms with Gasteiger partial charge < -0.3 is 9.47 Å². The maximum Gasteiger partial charge on any atom is 0.118 e. The Morgan fingerprint density at radius 2 is 1.00 bits per heavy atom. The summed E-state index contributed by atoms with van der Waals surface area (Å²) in [7, 11) is 4.02. The molecular formula is C14H18BO2P. The molecule has 2 rings (SSSR count). The number of methoxy groups -OCH3 is 2. The van der Waals surface area contributed by atoms with Crippen molar-refractivity contribution in [3.63, 3.8) is 0 Å². The van der Waals surface area contributed by atoms with E-state index >= 15 is 0 Å². The molecule has 0 N–H and O–H groups in total. The van der Waals surface area contributed by atoms with Crippen molar-refractivity contribution in [2.75, 3.05) is 14.2 Å². The third-order valence-corrected chi connectivity index (χ3v) is 3.71. The van der Waals surface area contributed by atoms with Crippen molar-refractivity contribution in [1.82, 2.24) is 0 Å². The average molecular weight is 260 g/mol. The zero-order valence-corrected chi connectivity index (χ0v) is 10.9. The van der Waals surface area contributed by atoms with E-state index in [1.54, 1.807) is 14.2 Å². The van der Waals surface area contributed by atoms with Crippen molar-refractivity contribution >= 4 is 27.6 Å². The highest BCUT2D eigenvalue weighted by Crippen LogP contribution is 2.16. The summed E-state index contributed by atoms with van der Waals surface area (Å²) in [6, 6.07) is 16.4. The van der Waals surface area contributed by atoms with E-state index in [4.69, 9.17) is 9.47 Å². The van der Waals surface area contributed by atoms with Gasteiger partial charge in [-0.3, -0.25) is 0 Å². The predicted octanol–water partition coefficient (Wildman–Crippen LogP) is 1.15. The molecule has 0 heterocycles. The van der Waals surface area contributed by atoms with E-state index in [2.05, 4.69) is 24.3 Å². The van der Waals surface area contributed by atoms with Gasteiger partial charge in [0.15, 0.2) is 0 Å². The van der Waals surface area contributed by atoms with Crippen molar-refractivity contribution in [3.05, 3.63) is 48.5 Å². The zero-order chi connectivity index (χ0) is 12.1. The Balaban J connectivity index is 0.00000162. The van der Waals surface area contributed by atoms with E-state index in [0.717, 1.165) is 11.5 Å². The lowest BCUT2D eigenvalue weighted by Gasteiger charge is -2.05. The lowest BCUT2D eigenvalue weighted by molar-refractivity contribution is 0.415. The summed E-state index contributed by atoms with van der Waals surface area (Å²) in [5, 5.41) is 2.60. The normalized spacial score (nSPS) is 9.44. The fraction of sp³-hybridized carbons (Fsp3) is 0.143. The lowest BCUT2D eigenvalue weighted by Crippen LogP contribution is -2.02. The molecule has 0 saturated carbocycles. The highest BCUT2D eigenvalue weighted by molar-refractivity contribution is 7.55. The SMILES string of the molecule is B.COc1ccc(Pc2ccc(OC)cc2)cc1. The Labute approximate surface area is 112 Å². The minimum absolute atomic E-state index is 0. The molecule has 0 unspecified atom stereocenters. The van der Waals surface area contributed by atoms with Gasteiger partial charge in [0.05, 0.1) is 22.6 Å². The summed E-state index contributed by atoms with van der Waals surface area (Å²) in [5.41, 5.74) is 0. The minimum Gasteiger partial charge on any atom is -0.497 e. The first-order valence-electron chi connectivity index (χ1n) is 5.37. The van der Waals surface area contributed by atoms with E-state index in [1.165, 1.54) is 10.6 Å². The second-order valence-electron chi connectivity index (χ2n) is 3.58. The molecule has 4 heteroatoms. The quantitative estimate of drug-likeness (QED) is 0.606. The largest absolute Gasteiger partial charge is 0.497 e. The van der Waals surface area contributed by atoms with Crippen LogP contribution in [0.25, 0.3) is 0 Å². The van der Waals surface area contributed by atoms with E-state index < -0.39 is 0 Å². The Morgan fingerprint density at radius 1 is 0.667 bits per heavy atom. The minimum atomic E-state index is 0. The monoisotopic (exact) mass is 260 g/mol. The first-order valence-corrected chi connectivity index (χ1v) is 6.37. The molecule has 0 aliphatic carbocycles. The van der Waals surface area contributed by atoms with E-state index in [-0.39, 0.29) is 8.41 Å². The molecule has 0 aliphatic heterocycles. The fourth-order valence-electron chi connectivity index (χ4n) is 1.52. The van der Waals surface area contributed by atoms with Crippen molar-refractivity contribution in [1.29, 1.82) is 0 Å². The van der Waals surface area contributed by atoms with Crippen molar-refractivity contribution in [2.24, 2.45) is 0 Å². The first kappa shape index (κ1) is 14.6. The van der Waals surface area contributed by atoms with Crippen LogP contribution in [0.2, 0.25) is 0 Å². The number of hydrogen-bond acceptors (Lipinski definition) is 2. The molecule has 0 atom stereocenters. The molecule has 0 saturated heterocycles. The van der Waals surface area contributed by atoms with Crippen LogP contribution in [0, 0.1) is 0 Å². The third-order valence-electron chi connectivity index (χ3n) is 2.47. The summed E-state index contributed by atoms with van der Waals surface area (Å²) < 4.78 is 10.3. The van der Waals surface area contributed by atoms with Crippen molar-refractivity contribution in [3.8, 4) is 11.5 Å². The van der Waals surface area contributed by atoms with Crippen LogP contribution in [-0.2, 0) is 0 Å². The Morgan fingerprint density at radius 3 is 1.28 bits per heavy atom. The lowest BCUT2D eigenvalue weighted by atomic mass is 10.3. The standard InChI is InChI=1S/C14H15O2P.BH3/c1-15-11-3-7-13(8-4-11)17-14-9-5-12(16-2)6-10-14;/h3-10,17H,1-2H3;1H3. The van der Waals surface area contributed by atoms with Gasteiger partial charge >= 0.3 is 0 Å². The van der Waals surface area contributed by atoms with Crippen LogP contribution in [-0.4, -0.2) is 22.6 Å². The second-order valence-corrected chi connectivity index (χ2v) is 4.99. The molecular weight excluding hydrogens is 242 g/mol. The molecule has 0 spiro atoms. The number of benzene rings is 2. The summed E-state index contributed by atoms with van der Waals surface area (Å²) in [6.07, 6.45) is 0. The van der Waals surface area contributed by atoms with Crippen LogP contribution in [0.3, 0.4) is 0 Å². The summed E-state index contributed by atoms with van der Waals surface area (Å²) in [6.45, 7) is 0. The predicted molar refractivity (Wildman–Crippen MR) is 83.5 cm³/mol. The maximum absolute atomic E-state index is 5.14. The van der Waals surface area contributed by atoms with Crippen LogP contribution in [0.1, 0.15) is 0 Å². The molecule has 2 aromatic rings. The maximum atomic E-state index is 5.14. The zero-order valence-electron chi connectivity index (χ0n) is 9.94. The van der Waals surface area contributed by atoms with Gasteiger partial charge in [-0.2, -0.15) is 0 Å². The Kier molecular flexibility index (Phi) is 5.74. The first-order chi connectivity index (χ1) is 8.31. The molecule has 18 heavy (non-hydrogen) atoms.